The van der Waals surface area contributed by atoms with Crippen molar-refractivity contribution in [1.29, 1.82) is 0 Å². The van der Waals surface area contributed by atoms with Crippen LogP contribution in [0.1, 0.15) is 39.0 Å². The van der Waals surface area contributed by atoms with Crippen LogP contribution < -0.4 is 5.73 Å². The van der Waals surface area contributed by atoms with Gasteiger partial charge in [-0.05, 0) is 32.1 Å². The summed E-state index contributed by atoms with van der Waals surface area (Å²) < 4.78 is 12.8. The molecule has 0 amide bonds. The van der Waals surface area contributed by atoms with Crippen LogP contribution in [0.25, 0.3) is 0 Å². The van der Waals surface area contributed by atoms with Crippen molar-refractivity contribution in [3.8, 4) is 0 Å². The van der Waals surface area contributed by atoms with Crippen LogP contribution in [-0.4, -0.2) is 12.2 Å². The molecule has 1 aliphatic rings. The maximum absolute atomic E-state index is 12.8. The first kappa shape index (κ1) is 8.98. The van der Waals surface area contributed by atoms with Crippen LogP contribution in [-0.2, 0) is 0 Å². The lowest BCUT2D eigenvalue weighted by Gasteiger charge is -2.25. The van der Waals surface area contributed by atoms with Crippen molar-refractivity contribution in [1.82, 2.24) is 0 Å². The highest BCUT2D eigenvalue weighted by Gasteiger charge is 2.21. The average Bonchev–Trinajstić information content (AvgIpc) is 1.85. The largest absolute Gasteiger partial charge is 0.328 e. The molecule has 0 bridgehead atoms. The summed E-state index contributed by atoms with van der Waals surface area (Å²) in [6.45, 7) is 2.00. The Bertz CT molecular complexity index is 112. The molecule has 0 aliphatic heterocycles. The zero-order chi connectivity index (χ0) is 8.27. The Morgan fingerprint density at radius 1 is 1.55 bits per heavy atom. The molecule has 1 fully saturated rings. The smallest absolute Gasteiger partial charge is 0.100 e. The quantitative estimate of drug-likeness (QED) is 0.657. The van der Waals surface area contributed by atoms with Gasteiger partial charge in [0.15, 0.2) is 0 Å². The third-order valence-electron chi connectivity index (χ3n) is 2.42. The lowest BCUT2D eigenvalue weighted by atomic mass is 9.84. The Morgan fingerprint density at radius 3 is 2.82 bits per heavy atom. The second kappa shape index (κ2) is 4.05. The van der Waals surface area contributed by atoms with E-state index in [0.717, 1.165) is 25.7 Å². The van der Waals surface area contributed by atoms with E-state index in [9.17, 15) is 4.39 Å². The van der Waals surface area contributed by atoms with Crippen LogP contribution >= 0.6 is 0 Å². The summed E-state index contributed by atoms with van der Waals surface area (Å²) in [5, 5.41) is 0. The fourth-order valence-corrected chi connectivity index (χ4v) is 1.97. The molecule has 1 aliphatic carbocycles. The van der Waals surface area contributed by atoms with Crippen molar-refractivity contribution in [2.24, 2.45) is 11.7 Å². The molecule has 0 spiro atoms. The lowest BCUT2D eigenvalue weighted by Crippen LogP contribution is -2.24. The predicted molar refractivity (Wildman–Crippen MR) is 45.1 cm³/mol. The van der Waals surface area contributed by atoms with Gasteiger partial charge in [0.25, 0.3) is 0 Å². The SMILES string of the molecule is CC(N)CC1CCCC(F)C1. The molecule has 0 radical (unpaired) electrons. The van der Waals surface area contributed by atoms with Crippen molar-refractivity contribution in [2.75, 3.05) is 0 Å². The van der Waals surface area contributed by atoms with Gasteiger partial charge in [-0.25, -0.2) is 4.39 Å². The van der Waals surface area contributed by atoms with E-state index in [2.05, 4.69) is 0 Å². The summed E-state index contributed by atoms with van der Waals surface area (Å²) in [5.41, 5.74) is 5.65. The molecule has 3 unspecified atom stereocenters. The van der Waals surface area contributed by atoms with E-state index < -0.39 is 6.17 Å². The van der Waals surface area contributed by atoms with E-state index in [1.807, 2.05) is 6.92 Å². The molecule has 2 N–H and O–H groups in total. The second-order valence-electron chi connectivity index (χ2n) is 3.84. The summed E-state index contributed by atoms with van der Waals surface area (Å²) >= 11 is 0. The molecular weight excluding hydrogens is 141 g/mol. The zero-order valence-electron chi connectivity index (χ0n) is 7.22. The van der Waals surface area contributed by atoms with Gasteiger partial charge < -0.3 is 5.73 Å². The minimum atomic E-state index is -0.549. The molecule has 0 saturated heterocycles. The molecule has 1 nitrogen and oxygen atoms in total. The normalized spacial score (nSPS) is 35.2. The average molecular weight is 159 g/mol. The van der Waals surface area contributed by atoms with E-state index in [1.54, 1.807) is 0 Å². The zero-order valence-corrected chi connectivity index (χ0v) is 7.22. The first-order chi connectivity index (χ1) is 5.18. The third-order valence-corrected chi connectivity index (χ3v) is 2.42. The Labute approximate surface area is 68.2 Å². The minimum absolute atomic E-state index is 0.241. The molecule has 2 heteroatoms. The van der Waals surface area contributed by atoms with Crippen LogP contribution in [0.3, 0.4) is 0 Å². The van der Waals surface area contributed by atoms with Crippen LogP contribution in [0.5, 0.6) is 0 Å². The van der Waals surface area contributed by atoms with Gasteiger partial charge in [0.1, 0.15) is 6.17 Å². The van der Waals surface area contributed by atoms with E-state index in [0.29, 0.717) is 5.92 Å². The number of halogens is 1. The van der Waals surface area contributed by atoms with E-state index in [-0.39, 0.29) is 6.04 Å². The fraction of sp³-hybridized carbons (Fsp3) is 1.00. The molecule has 0 aromatic carbocycles. The predicted octanol–water partition coefficient (Wildman–Crippen LogP) is 2.25. The van der Waals surface area contributed by atoms with Gasteiger partial charge in [-0.2, -0.15) is 0 Å². The highest BCUT2D eigenvalue weighted by atomic mass is 19.1. The highest BCUT2D eigenvalue weighted by molar-refractivity contribution is 4.74. The second-order valence-corrected chi connectivity index (χ2v) is 3.84. The van der Waals surface area contributed by atoms with Crippen LogP contribution in [0.15, 0.2) is 0 Å². The van der Waals surface area contributed by atoms with Gasteiger partial charge >= 0.3 is 0 Å². The van der Waals surface area contributed by atoms with Gasteiger partial charge in [-0.3, -0.25) is 0 Å². The Kier molecular flexibility index (Phi) is 3.31. The summed E-state index contributed by atoms with van der Waals surface area (Å²) in [7, 11) is 0. The van der Waals surface area contributed by atoms with Gasteiger partial charge in [-0.1, -0.05) is 12.8 Å². The van der Waals surface area contributed by atoms with Crippen LogP contribution in [0.2, 0.25) is 0 Å². The van der Waals surface area contributed by atoms with E-state index >= 15 is 0 Å². The van der Waals surface area contributed by atoms with Gasteiger partial charge in [0.05, 0.1) is 0 Å². The first-order valence-corrected chi connectivity index (χ1v) is 4.58. The number of nitrogens with two attached hydrogens (primary N) is 1. The van der Waals surface area contributed by atoms with Gasteiger partial charge in [0.2, 0.25) is 0 Å². The molecular formula is C9H18FN. The van der Waals surface area contributed by atoms with Crippen LogP contribution in [0, 0.1) is 5.92 Å². The number of rotatable bonds is 2. The van der Waals surface area contributed by atoms with Crippen molar-refractivity contribution < 1.29 is 4.39 Å². The van der Waals surface area contributed by atoms with Crippen molar-refractivity contribution in [3.63, 3.8) is 0 Å². The Balaban J connectivity index is 2.23. The van der Waals surface area contributed by atoms with Crippen molar-refractivity contribution in [2.45, 2.75) is 51.2 Å². The molecule has 1 saturated carbocycles. The molecule has 0 aromatic rings. The summed E-state index contributed by atoms with van der Waals surface area (Å²) in [4.78, 5) is 0. The third kappa shape index (κ3) is 3.19. The Morgan fingerprint density at radius 2 is 2.27 bits per heavy atom. The maximum Gasteiger partial charge on any atom is 0.100 e. The number of hydrogen-bond donors (Lipinski definition) is 1. The summed E-state index contributed by atoms with van der Waals surface area (Å²) in [6, 6.07) is 0.241. The van der Waals surface area contributed by atoms with Crippen molar-refractivity contribution >= 4 is 0 Å². The monoisotopic (exact) mass is 159 g/mol. The van der Waals surface area contributed by atoms with Gasteiger partial charge in [-0.15, -0.1) is 0 Å². The van der Waals surface area contributed by atoms with E-state index in [4.69, 9.17) is 5.73 Å². The number of alkyl halides is 1. The summed E-state index contributed by atoms with van der Waals surface area (Å²) in [5.74, 6) is 0.554. The lowest BCUT2D eigenvalue weighted by molar-refractivity contribution is 0.187. The summed E-state index contributed by atoms with van der Waals surface area (Å²) in [6.07, 6.45) is 4.21. The maximum atomic E-state index is 12.8. The van der Waals surface area contributed by atoms with E-state index in [1.165, 1.54) is 6.42 Å². The molecule has 11 heavy (non-hydrogen) atoms. The molecule has 0 heterocycles. The van der Waals surface area contributed by atoms with Crippen molar-refractivity contribution in [3.05, 3.63) is 0 Å². The Hall–Kier alpha value is -0.110. The molecule has 3 atom stereocenters. The topological polar surface area (TPSA) is 26.0 Å². The van der Waals surface area contributed by atoms with Crippen LogP contribution in [0.4, 0.5) is 4.39 Å². The minimum Gasteiger partial charge on any atom is -0.328 e. The first-order valence-electron chi connectivity index (χ1n) is 4.58. The molecule has 66 valence electrons. The molecule has 0 aromatic heterocycles. The highest BCUT2D eigenvalue weighted by Crippen LogP contribution is 2.28. The molecule has 1 rings (SSSR count). The standard InChI is InChI=1S/C9H18FN/c1-7(11)5-8-3-2-4-9(10)6-8/h7-9H,2-6,11H2,1H3. The number of hydrogen-bond acceptors (Lipinski definition) is 1. The fourth-order valence-electron chi connectivity index (χ4n) is 1.97. The van der Waals surface area contributed by atoms with Gasteiger partial charge in [0, 0.05) is 6.04 Å².